The van der Waals surface area contributed by atoms with Crippen LogP contribution in [-0.2, 0) is 0 Å². The van der Waals surface area contributed by atoms with Gasteiger partial charge in [-0.2, -0.15) is 0 Å². The lowest BCUT2D eigenvalue weighted by Crippen LogP contribution is -2.39. The number of aliphatic hydroxyl groups excluding tert-OH is 1. The lowest BCUT2D eigenvalue weighted by Gasteiger charge is -2.46. The van der Waals surface area contributed by atoms with Crippen LogP contribution in [0.2, 0.25) is 0 Å². The monoisotopic (exact) mass is 276 g/mol. The van der Waals surface area contributed by atoms with Gasteiger partial charge in [-0.1, -0.05) is 27.2 Å². The largest absolute Gasteiger partial charge is 0.393 e. The standard InChI is InChI=1S/C19H32O/c1-4-12-6-8-16-15-7-5-13-9-14(20)10-18(13,2)17(15)11-19(12,16)3/h12-17,20H,4-11H2,1-3H3/t12?,13?,14?,15?,16?,17?,18-,19?/m0/s1. The summed E-state index contributed by atoms with van der Waals surface area (Å²) in [5, 5.41) is 10.2. The summed E-state index contributed by atoms with van der Waals surface area (Å²) in [5.41, 5.74) is 1.10. The molecule has 1 N–H and O–H groups in total. The van der Waals surface area contributed by atoms with E-state index in [4.69, 9.17) is 0 Å². The second kappa shape index (κ2) is 4.24. The van der Waals surface area contributed by atoms with Crippen LogP contribution in [0.5, 0.6) is 0 Å². The first kappa shape index (κ1) is 13.6. The summed E-state index contributed by atoms with van der Waals surface area (Å²) in [6.45, 7) is 7.57. The van der Waals surface area contributed by atoms with Crippen molar-refractivity contribution in [2.75, 3.05) is 0 Å². The first-order chi connectivity index (χ1) is 9.49. The summed E-state index contributed by atoms with van der Waals surface area (Å²) in [5.74, 6) is 4.71. The van der Waals surface area contributed by atoms with Gasteiger partial charge in [0.15, 0.2) is 0 Å². The van der Waals surface area contributed by atoms with Crippen molar-refractivity contribution in [2.45, 2.75) is 78.2 Å². The predicted molar refractivity (Wildman–Crippen MR) is 82.3 cm³/mol. The molecule has 8 atom stereocenters. The fourth-order valence-electron chi connectivity index (χ4n) is 7.72. The Balaban J connectivity index is 1.67. The molecule has 0 spiro atoms. The predicted octanol–water partition coefficient (Wildman–Crippen LogP) is 4.64. The first-order valence-electron chi connectivity index (χ1n) is 9.17. The van der Waals surface area contributed by atoms with Crippen LogP contribution >= 0.6 is 0 Å². The van der Waals surface area contributed by atoms with Crippen LogP contribution in [0.15, 0.2) is 0 Å². The van der Waals surface area contributed by atoms with E-state index >= 15 is 0 Å². The van der Waals surface area contributed by atoms with Crippen molar-refractivity contribution in [3.63, 3.8) is 0 Å². The number of fused-ring (bicyclic) bond motifs is 5. The molecule has 0 radical (unpaired) electrons. The van der Waals surface area contributed by atoms with Crippen LogP contribution in [0.1, 0.15) is 72.1 Å². The maximum Gasteiger partial charge on any atom is 0.0548 e. The van der Waals surface area contributed by atoms with Gasteiger partial charge in [0.25, 0.3) is 0 Å². The topological polar surface area (TPSA) is 20.2 Å². The normalized spacial score (nSPS) is 61.2. The van der Waals surface area contributed by atoms with Crippen LogP contribution in [-0.4, -0.2) is 11.2 Å². The van der Waals surface area contributed by atoms with Gasteiger partial charge in [-0.05, 0) is 85.4 Å². The van der Waals surface area contributed by atoms with Crippen molar-refractivity contribution in [3.8, 4) is 0 Å². The number of rotatable bonds is 1. The van der Waals surface area contributed by atoms with Gasteiger partial charge in [0.2, 0.25) is 0 Å². The highest BCUT2D eigenvalue weighted by Crippen LogP contribution is 2.71. The van der Waals surface area contributed by atoms with Crippen molar-refractivity contribution in [3.05, 3.63) is 0 Å². The van der Waals surface area contributed by atoms with Gasteiger partial charge in [-0.3, -0.25) is 0 Å². The number of aliphatic hydroxyl groups is 1. The summed E-state index contributed by atoms with van der Waals surface area (Å²) in [4.78, 5) is 0. The van der Waals surface area contributed by atoms with Crippen molar-refractivity contribution in [1.82, 2.24) is 0 Å². The molecular weight excluding hydrogens is 244 g/mol. The SMILES string of the molecule is CCC1CCC2C3CCC4CC(O)C[C@]4(C)C3CC12C. The summed E-state index contributed by atoms with van der Waals surface area (Å²) < 4.78 is 0. The Hall–Kier alpha value is -0.0400. The molecule has 4 aliphatic carbocycles. The molecule has 4 fully saturated rings. The summed E-state index contributed by atoms with van der Waals surface area (Å²) >= 11 is 0. The van der Waals surface area contributed by atoms with Crippen molar-refractivity contribution in [2.24, 2.45) is 40.4 Å². The van der Waals surface area contributed by atoms with E-state index in [0.29, 0.717) is 10.8 Å². The molecule has 0 bridgehead atoms. The lowest BCUT2D eigenvalue weighted by atomic mass is 9.58. The Morgan fingerprint density at radius 3 is 2.50 bits per heavy atom. The summed E-state index contributed by atoms with van der Waals surface area (Å²) in [7, 11) is 0. The Morgan fingerprint density at radius 1 is 0.950 bits per heavy atom. The van der Waals surface area contributed by atoms with Crippen molar-refractivity contribution >= 4 is 0 Å². The Bertz CT molecular complexity index is 405. The summed E-state index contributed by atoms with van der Waals surface area (Å²) in [6.07, 6.45) is 10.9. The molecule has 114 valence electrons. The van der Waals surface area contributed by atoms with E-state index in [-0.39, 0.29) is 6.10 Å². The zero-order valence-electron chi connectivity index (χ0n) is 13.6. The van der Waals surface area contributed by atoms with Gasteiger partial charge >= 0.3 is 0 Å². The molecule has 0 heterocycles. The Labute approximate surface area is 124 Å². The van der Waals surface area contributed by atoms with E-state index < -0.39 is 0 Å². The van der Waals surface area contributed by atoms with Gasteiger partial charge in [-0.25, -0.2) is 0 Å². The quantitative estimate of drug-likeness (QED) is 0.740. The molecule has 4 saturated carbocycles. The average Bonchev–Trinajstić information content (AvgIpc) is 2.96. The maximum atomic E-state index is 10.2. The second-order valence-corrected chi connectivity index (χ2v) is 9.14. The zero-order valence-corrected chi connectivity index (χ0v) is 13.6. The van der Waals surface area contributed by atoms with Gasteiger partial charge in [0, 0.05) is 0 Å². The fraction of sp³-hybridized carbons (Fsp3) is 1.00. The smallest absolute Gasteiger partial charge is 0.0548 e. The van der Waals surface area contributed by atoms with Crippen LogP contribution in [0.4, 0.5) is 0 Å². The van der Waals surface area contributed by atoms with Crippen LogP contribution < -0.4 is 0 Å². The van der Waals surface area contributed by atoms with Gasteiger partial charge < -0.3 is 5.11 Å². The lowest BCUT2D eigenvalue weighted by molar-refractivity contribution is 0.0204. The highest BCUT2D eigenvalue weighted by atomic mass is 16.3. The van der Waals surface area contributed by atoms with Crippen LogP contribution in [0, 0.1) is 40.4 Å². The molecule has 20 heavy (non-hydrogen) atoms. The van der Waals surface area contributed by atoms with Crippen molar-refractivity contribution in [1.29, 1.82) is 0 Å². The van der Waals surface area contributed by atoms with E-state index in [1.54, 1.807) is 0 Å². The third-order valence-corrected chi connectivity index (χ3v) is 8.65. The molecule has 4 rings (SSSR count). The number of hydrogen-bond donors (Lipinski definition) is 1. The van der Waals surface area contributed by atoms with E-state index in [9.17, 15) is 5.11 Å². The van der Waals surface area contributed by atoms with E-state index in [0.717, 1.165) is 42.4 Å². The molecule has 0 aromatic heterocycles. The minimum atomic E-state index is -0.000955. The van der Waals surface area contributed by atoms with E-state index in [1.807, 2.05) is 0 Å². The third-order valence-electron chi connectivity index (χ3n) is 8.65. The van der Waals surface area contributed by atoms with Gasteiger partial charge in [0.05, 0.1) is 6.10 Å². The molecule has 0 aromatic carbocycles. The summed E-state index contributed by atoms with van der Waals surface area (Å²) in [6, 6.07) is 0. The highest BCUT2D eigenvalue weighted by molar-refractivity contribution is 5.13. The van der Waals surface area contributed by atoms with E-state index in [2.05, 4.69) is 20.8 Å². The zero-order chi connectivity index (χ0) is 14.1. The molecule has 1 nitrogen and oxygen atoms in total. The first-order valence-corrected chi connectivity index (χ1v) is 9.17. The molecule has 0 amide bonds. The fourth-order valence-corrected chi connectivity index (χ4v) is 7.72. The molecule has 7 unspecified atom stereocenters. The molecule has 4 aliphatic rings. The number of hydrogen-bond acceptors (Lipinski definition) is 1. The third kappa shape index (κ3) is 1.54. The molecule has 0 saturated heterocycles. The minimum absolute atomic E-state index is 0.000955. The van der Waals surface area contributed by atoms with Gasteiger partial charge in [-0.15, -0.1) is 0 Å². The van der Waals surface area contributed by atoms with E-state index in [1.165, 1.54) is 38.5 Å². The Morgan fingerprint density at radius 2 is 1.75 bits per heavy atom. The van der Waals surface area contributed by atoms with Crippen LogP contribution in [0.25, 0.3) is 0 Å². The minimum Gasteiger partial charge on any atom is -0.393 e. The average molecular weight is 276 g/mol. The van der Waals surface area contributed by atoms with Crippen molar-refractivity contribution < 1.29 is 5.11 Å². The highest BCUT2D eigenvalue weighted by Gasteiger charge is 2.64. The Kier molecular flexibility index (Phi) is 2.89. The molecule has 0 aliphatic heterocycles. The molecule has 1 heteroatoms. The second-order valence-electron chi connectivity index (χ2n) is 9.14. The molecular formula is C19H32O. The van der Waals surface area contributed by atoms with Crippen LogP contribution in [0.3, 0.4) is 0 Å². The maximum absolute atomic E-state index is 10.2. The van der Waals surface area contributed by atoms with Gasteiger partial charge in [0.1, 0.15) is 0 Å². The molecule has 0 aromatic rings.